The molecule has 4 heterocycles. The molecule has 6 aromatic rings. The van der Waals surface area contributed by atoms with Crippen molar-refractivity contribution >= 4 is 23.8 Å². The van der Waals surface area contributed by atoms with Crippen LogP contribution in [0.15, 0.2) is 85.3 Å². The number of nitrogens with zero attached hydrogens (tertiary/aromatic N) is 6. The summed E-state index contributed by atoms with van der Waals surface area (Å²) in [6.45, 7) is 18.2. The average Bonchev–Trinajstić information content (AvgIpc) is 3.82. The Balaban J connectivity index is 0.00000450. The van der Waals surface area contributed by atoms with Crippen molar-refractivity contribution in [3.63, 3.8) is 0 Å². The molecule has 0 N–H and O–H groups in total. The number of aromatic nitrogens is 4. The number of hydrogen-bond donors (Lipinski definition) is 0. The van der Waals surface area contributed by atoms with Crippen molar-refractivity contribution in [2.24, 2.45) is 0 Å². The second-order valence-electron chi connectivity index (χ2n) is 15.8. The standard InChI is InChI=1S/C45H49BN6O.Pt/c1-28(2)34-14-11-15-35(29(3)4)42(34)45-48(9)40-21-19-33(27-41(40)51-23-13-24-52(45)51)53-32-18-20-39-38(26-32)44-47-22-25-50(44)46(49(39)10)43-36(30(5)6)16-12-17-37(43)31(7)8;/h11-22,24-25,28-31,45H,1-10H3;/q-2;. The van der Waals surface area contributed by atoms with E-state index in [0.717, 1.165) is 28.5 Å². The summed E-state index contributed by atoms with van der Waals surface area (Å²) < 4.78 is 13.2. The Hall–Kier alpha value is -4.55. The molecule has 0 spiro atoms. The molecule has 2 aromatic heterocycles. The van der Waals surface area contributed by atoms with Gasteiger partial charge < -0.3 is 18.9 Å². The third-order valence-corrected chi connectivity index (χ3v) is 11.1. The van der Waals surface area contributed by atoms with Crippen molar-refractivity contribution < 1.29 is 30.5 Å². The Kier molecular flexibility index (Phi) is 10.2. The first-order chi connectivity index (χ1) is 25.5. The molecule has 2 aliphatic rings. The molecule has 8 rings (SSSR count). The molecular formula is C45H49BN6OPt-2. The van der Waals surface area contributed by atoms with E-state index in [4.69, 9.17) is 9.72 Å². The van der Waals surface area contributed by atoms with Crippen LogP contribution in [0.2, 0.25) is 0 Å². The van der Waals surface area contributed by atoms with Crippen molar-refractivity contribution in [2.45, 2.75) is 85.2 Å². The van der Waals surface area contributed by atoms with Crippen LogP contribution in [-0.2, 0) is 21.1 Å². The summed E-state index contributed by atoms with van der Waals surface area (Å²) in [5.41, 5.74) is 12.1. The van der Waals surface area contributed by atoms with E-state index in [0.29, 0.717) is 35.2 Å². The van der Waals surface area contributed by atoms with Gasteiger partial charge >= 0.3 is 6.98 Å². The third kappa shape index (κ3) is 6.11. The maximum absolute atomic E-state index is 6.57. The molecule has 2 aliphatic heterocycles. The van der Waals surface area contributed by atoms with Crippen molar-refractivity contribution in [3.05, 3.63) is 131 Å². The normalized spacial score (nSPS) is 14.7. The molecule has 0 saturated heterocycles. The van der Waals surface area contributed by atoms with Gasteiger partial charge in [-0.05, 0) is 71.7 Å². The van der Waals surface area contributed by atoms with Gasteiger partial charge in [0.25, 0.3) is 0 Å². The van der Waals surface area contributed by atoms with Gasteiger partial charge in [-0.3, -0.25) is 4.98 Å². The third-order valence-electron chi connectivity index (χ3n) is 11.1. The predicted octanol–water partition coefficient (Wildman–Crippen LogP) is 9.00. The Bertz CT molecular complexity index is 2110. The van der Waals surface area contributed by atoms with Gasteiger partial charge in [0.15, 0.2) is 6.17 Å². The van der Waals surface area contributed by atoms with Gasteiger partial charge in [0.2, 0.25) is 0 Å². The maximum Gasteiger partial charge on any atom is 0.399 e. The first-order valence-electron chi connectivity index (χ1n) is 19.0. The van der Waals surface area contributed by atoms with Crippen LogP contribution >= 0.6 is 0 Å². The van der Waals surface area contributed by atoms with Crippen LogP contribution in [-0.4, -0.2) is 35.2 Å². The largest absolute Gasteiger partial charge is 0.504 e. The molecule has 1 atom stereocenters. The first kappa shape index (κ1) is 37.8. The molecule has 54 heavy (non-hydrogen) atoms. The Morgan fingerprint density at radius 2 is 1.30 bits per heavy atom. The number of ether oxygens (including phenoxy) is 1. The predicted molar refractivity (Wildman–Crippen MR) is 215 cm³/mol. The van der Waals surface area contributed by atoms with E-state index in [1.807, 2.05) is 24.4 Å². The number of fused-ring (bicyclic) bond motifs is 6. The summed E-state index contributed by atoms with van der Waals surface area (Å²) in [5, 5.41) is 0. The van der Waals surface area contributed by atoms with Gasteiger partial charge in [-0.1, -0.05) is 127 Å². The smallest absolute Gasteiger partial charge is 0.399 e. The summed E-state index contributed by atoms with van der Waals surface area (Å²) in [5.74, 6) is 3.66. The van der Waals surface area contributed by atoms with E-state index in [-0.39, 0.29) is 34.2 Å². The molecule has 0 radical (unpaired) electrons. The van der Waals surface area contributed by atoms with Crippen LogP contribution in [0.25, 0.3) is 17.1 Å². The van der Waals surface area contributed by atoms with E-state index < -0.39 is 0 Å². The van der Waals surface area contributed by atoms with Crippen LogP contribution in [0.3, 0.4) is 0 Å². The monoisotopic (exact) mass is 895 g/mol. The number of anilines is 2. The minimum atomic E-state index is -0.0347. The Morgan fingerprint density at radius 1 is 0.722 bits per heavy atom. The topological polar surface area (TPSA) is 42.3 Å². The molecule has 0 saturated carbocycles. The van der Waals surface area contributed by atoms with Crippen molar-refractivity contribution in [2.75, 3.05) is 23.8 Å². The molecule has 280 valence electrons. The molecule has 4 aromatic carbocycles. The van der Waals surface area contributed by atoms with Gasteiger partial charge in [0.05, 0.1) is 5.69 Å². The summed E-state index contributed by atoms with van der Waals surface area (Å²) in [4.78, 5) is 9.60. The van der Waals surface area contributed by atoms with Crippen molar-refractivity contribution in [1.82, 2.24) is 14.1 Å². The molecule has 0 fully saturated rings. The fraction of sp³-hybridized carbons (Fsp3) is 0.333. The van der Waals surface area contributed by atoms with Crippen molar-refractivity contribution in [1.29, 1.82) is 0 Å². The number of imidazole rings is 1. The van der Waals surface area contributed by atoms with E-state index in [1.54, 1.807) is 0 Å². The summed E-state index contributed by atoms with van der Waals surface area (Å²) >= 11 is 0. The van der Waals surface area contributed by atoms with Gasteiger partial charge in [0, 0.05) is 56.3 Å². The zero-order valence-corrected chi connectivity index (χ0v) is 35.2. The minimum Gasteiger partial charge on any atom is -0.504 e. The molecule has 0 bridgehead atoms. The average molecular weight is 896 g/mol. The van der Waals surface area contributed by atoms with Gasteiger partial charge in [0.1, 0.15) is 6.20 Å². The first-order valence-corrected chi connectivity index (χ1v) is 19.0. The summed E-state index contributed by atoms with van der Waals surface area (Å²) in [6.07, 6.45) is 9.52. The number of rotatable bonds is 8. The van der Waals surface area contributed by atoms with Crippen LogP contribution < -0.4 is 24.6 Å². The molecule has 0 amide bonds. The summed E-state index contributed by atoms with van der Waals surface area (Å²) in [6, 6.07) is 31.0. The maximum atomic E-state index is 6.57. The molecule has 0 aliphatic carbocycles. The zero-order valence-electron chi connectivity index (χ0n) is 33.0. The number of hydrogen-bond acceptors (Lipinski definition) is 4. The second-order valence-corrected chi connectivity index (χ2v) is 15.8. The van der Waals surface area contributed by atoms with E-state index >= 15 is 0 Å². The zero-order chi connectivity index (χ0) is 37.3. The number of benzene rings is 4. The van der Waals surface area contributed by atoms with Gasteiger partial charge in [-0.25, -0.2) is 9.36 Å². The SMILES string of the molecule is CC(C)c1cccc(C(C)C)c1B1N(C)c2ccc(Oc3[c-]c4c(cc3)N(C)C(c3c(C(C)C)cccc3C(C)C)n3cc[c-][n+]3-4)[c-]c2-c2nccn21.[Pt]. The fourth-order valence-electron chi connectivity index (χ4n) is 8.56. The molecule has 7 nitrogen and oxygen atoms in total. The Labute approximate surface area is 336 Å². The van der Waals surface area contributed by atoms with Gasteiger partial charge in [-0.2, -0.15) is 6.07 Å². The molecule has 9 heteroatoms. The van der Waals surface area contributed by atoms with Crippen molar-refractivity contribution in [3.8, 4) is 28.6 Å². The minimum absolute atomic E-state index is 0. The van der Waals surface area contributed by atoms with E-state index in [2.05, 4.69) is 172 Å². The second kappa shape index (κ2) is 14.6. The fourth-order valence-corrected chi connectivity index (χ4v) is 8.56. The van der Waals surface area contributed by atoms with Crippen LogP contribution in [0.4, 0.5) is 11.4 Å². The van der Waals surface area contributed by atoms with Crippen LogP contribution in [0.1, 0.15) is 113 Å². The molecule has 1 unspecified atom stereocenters. The quantitative estimate of drug-likeness (QED) is 0.0870. The van der Waals surface area contributed by atoms with Crippen LogP contribution in [0.5, 0.6) is 11.5 Å². The Morgan fingerprint density at radius 3 is 1.91 bits per heavy atom. The van der Waals surface area contributed by atoms with Gasteiger partial charge in [-0.15, -0.1) is 18.2 Å². The van der Waals surface area contributed by atoms with E-state index in [9.17, 15) is 0 Å². The molecular weight excluding hydrogens is 846 g/mol. The summed E-state index contributed by atoms with van der Waals surface area (Å²) in [7, 11) is 4.35. The van der Waals surface area contributed by atoms with Crippen LogP contribution in [0, 0.1) is 18.3 Å². The van der Waals surface area contributed by atoms with E-state index in [1.165, 1.54) is 33.3 Å².